The van der Waals surface area contributed by atoms with Gasteiger partial charge in [-0.25, -0.2) is 18.3 Å². The first-order chi connectivity index (χ1) is 26.9. The Morgan fingerprint density at radius 2 is 0.619 bits per heavy atom. The highest BCUT2D eigenvalue weighted by molar-refractivity contribution is 7.72. The van der Waals surface area contributed by atoms with Crippen molar-refractivity contribution in [2.75, 3.05) is 37.8 Å². The molecule has 49 heteroatoms. The van der Waals surface area contributed by atoms with E-state index in [1.165, 1.54) is 0 Å². The molecule has 0 aromatic rings. The number of nitrogens with zero attached hydrogens (tertiary/aromatic N) is 1. The molecule has 63 heavy (non-hydrogen) atoms. The van der Waals surface area contributed by atoms with Crippen LogP contribution in [0.3, 0.4) is 0 Å². The smallest absolute Gasteiger partial charge is 0.368 e. The van der Waals surface area contributed by atoms with Crippen LogP contribution in [0.25, 0.3) is 0 Å². The van der Waals surface area contributed by atoms with Crippen molar-refractivity contribution >= 4 is 84.2 Å². The van der Waals surface area contributed by atoms with Gasteiger partial charge in [0.2, 0.25) is 7.37 Å². The van der Waals surface area contributed by atoms with Crippen LogP contribution in [0.15, 0.2) is 0 Å². The Bertz CT molecular complexity index is 1750. The van der Waals surface area contributed by atoms with Crippen molar-refractivity contribution in [3.05, 3.63) is 0 Å². The molecule has 1 fully saturated rings. The summed E-state index contributed by atoms with van der Waals surface area (Å²) in [5.41, 5.74) is 0. The number of hydrogen-bond acceptors (Lipinski definition) is 17. The van der Waals surface area contributed by atoms with Crippen LogP contribution in [0.5, 0.6) is 0 Å². The summed E-state index contributed by atoms with van der Waals surface area (Å²) in [6.45, 7) is 1.31. The average Bonchev–Trinajstić information content (AvgIpc) is 2.87. The summed E-state index contributed by atoms with van der Waals surface area (Å²) in [5, 5.41) is 5.37. The third kappa shape index (κ3) is 30.6. The lowest BCUT2D eigenvalue weighted by Crippen LogP contribution is -2.62. The van der Waals surface area contributed by atoms with E-state index in [4.69, 9.17) is 49.1 Å². The number of phosphoric acid groups is 4. The van der Waals surface area contributed by atoms with Crippen molar-refractivity contribution in [3.8, 4) is 0 Å². The zero-order chi connectivity index (χ0) is 51.4. The highest BCUT2D eigenvalue weighted by Crippen LogP contribution is 2.67. The van der Waals surface area contributed by atoms with Gasteiger partial charge < -0.3 is 108 Å². The minimum Gasteiger partial charge on any atom is -0.368 e. The number of phosphoric ester groups is 4. The molecule has 0 spiro atoms. The van der Waals surface area contributed by atoms with Crippen molar-refractivity contribution in [2.45, 2.75) is 36.4 Å². The Morgan fingerprint density at radius 3 is 0.762 bits per heavy atom. The predicted octanol–water partition coefficient (Wildman–Crippen LogP) is -4.08. The van der Waals surface area contributed by atoms with E-state index in [0.717, 1.165) is 6.66 Å². The second-order valence-electron chi connectivity index (χ2n) is 12.8. The fraction of sp³-hybridized carbons (Fsp3) is 1.00. The van der Waals surface area contributed by atoms with E-state index >= 15 is 0 Å². The topological polar surface area (TPSA) is 673 Å². The molecule has 1 unspecified atom stereocenters. The Hall–Kier alpha value is 1.45. The van der Waals surface area contributed by atoms with Gasteiger partial charge >= 0.3 is 76.9 Å². The summed E-state index contributed by atoms with van der Waals surface area (Å²) in [6.07, 6.45) is -17.5. The SMILES string of the molecule is CC(O)(P(=O)(O)O)P(=O)(O)O.CP(=O)(O)CN(CP(=O)(O)O)CP(=O)(O)O.O=P(O)(O)C[C@@H]1[C@H](CP(=O)(O)O)[C@H](OP(=O)(O)O)[C@@H](OP(=O)(O)O)[C@H](OP(=O)(O)O)[C@H]1OP(=O)(O)O. The zero-order valence-electron chi connectivity index (χ0n) is 30.8. The van der Waals surface area contributed by atoms with E-state index in [-0.39, 0.29) is 0 Å². The standard InChI is InChI=1S/C8H22O22P6.C4H14NO8P3.C2H8O7P2/c9-31(10,11)1-3-4(2-32(12,13)14)6(28-34(18,19)20)8(30-36(24,25)26)7(29-35(21,22)23)5(3)27-33(15,16)17;1-14(6,7)2-5(3-15(8,9)10)4-16(11,12)13;1-2(3,10(4,5)6)11(7,8)9/h3-8H,1-2H2,(H2,9,10,11)(H2,12,13,14)(H2,15,16,17)(H2,18,19,20)(H2,21,22,23)(H2,24,25,26);2-4H2,1H3,(H,6,7)(H2,8,9,10)(H2,11,12,13);3H,1H3,(H2,4,5,6)(H2,7,8,9)/t3-,4+,5-,6-,7+,8+;;/m0../s1. The van der Waals surface area contributed by atoms with Crippen LogP contribution in [-0.2, 0) is 68.3 Å². The molecule has 0 aromatic heterocycles. The summed E-state index contributed by atoms with van der Waals surface area (Å²) < 4.78 is 139. The molecule has 382 valence electrons. The van der Waals surface area contributed by atoms with E-state index in [1.54, 1.807) is 0 Å². The van der Waals surface area contributed by atoms with Gasteiger partial charge in [0.05, 0.1) is 18.6 Å². The second kappa shape index (κ2) is 23.1. The lowest BCUT2D eigenvalue weighted by atomic mass is 9.74. The van der Waals surface area contributed by atoms with Gasteiger partial charge in [-0.1, -0.05) is 0 Å². The minimum absolute atomic E-state index is 0.383. The normalized spacial score (nSPS) is 23.8. The quantitative estimate of drug-likeness (QED) is 0.0516. The summed E-state index contributed by atoms with van der Waals surface area (Å²) in [7, 11) is -57.6. The van der Waals surface area contributed by atoms with Crippen molar-refractivity contribution in [3.63, 3.8) is 0 Å². The van der Waals surface area contributed by atoms with Crippen molar-refractivity contribution in [1.82, 2.24) is 4.90 Å². The fourth-order valence-corrected chi connectivity index (χ4v) is 13.3. The van der Waals surface area contributed by atoms with E-state index < -0.39 is 157 Å². The Morgan fingerprint density at radius 1 is 0.397 bits per heavy atom. The van der Waals surface area contributed by atoms with Crippen LogP contribution < -0.4 is 0 Å². The first-order valence-corrected chi connectivity index (χ1v) is 33.7. The number of hydrogen-bond donors (Lipinski definition) is 22. The van der Waals surface area contributed by atoms with Crippen LogP contribution in [0, 0.1) is 11.8 Å². The van der Waals surface area contributed by atoms with Gasteiger partial charge in [-0.15, -0.1) is 0 Å². The van der Waals surface area contributed by atoms with Gasteiger partial charge in [0.25, 0.3) is 5.08 Å². The molecule has 0 saturated heterocycles. The van der Waals surface area contributed by atoms with Crippen molar-refractivity contribution in [2.24, 2.45) is 11.8 Å². The zero-order valence-corrected chi connectivity index (χ0v) is 40.7. The molecule has 1 saturated carbocycles. The van der Waals surface area contributed by atoms with E-state index in [9.17, 15) is 109 Å². The minimum atomic E-state index is -5.92. The average molecular weight is 1160 g/mol. The van der Waals surface area contributed by atoms with Gasteiger partial charge in [0.15, 0.2) is 0 Å². The molecule has 0 radical (unpaired) electrons. The molecule has 0 amide bonds. The molecule has 1 rings (SSSR count). The first-order valence-electron chi connectivity index (χ1n) is 14.8. The van der Waals surface area contributed by atoms with E-state index in [0.29, 0.717) is 11.8 Å². The Labute approximate surface area is 351 Å². The second-order valence-corrected chi connectivity index (χ2v) is 30.8. The number of rotatable bonds is 20. The van der Waals surface area contributed by atoms with Crippen LogP contribution in [0.4, 0.5) is 0 Å². The highest BCUT2D eigenvalue weighted by atomic mass is 31.2. The third-order valence-electron chi connectivity index (χ3n) is 6.63. The van der Waals surface area contributed by atoms with Crippen LogP contribution >= 0.6 is 84.2 Å². The molecule has 38 nitrogen and oxygen atoms in total. The molecule has 7 atom stereocenters. The molecule has 0 heterocycles. The molecule has 0 aromatic carbocycles. The van der Waals surface area contributed by atoms with Gasteiger partial charge in [-0.2, -0.15) is 0 Å². The van der Waals surface area contributed by atoms with Crippen molar-refractivity contribution in [1.29, 1.82) is 0 Å². The molecule has 1 aliphatic carbocycles. The fourth-order valence-electron chi connectivity index (χ4n) is 4.72. The van der Waals surface area contributed by atoms with Crippen molar-refractivity contribution < 1.29 is 176 Å². The third-order valence-corrected chi connectivity index (χ3v) is 16.7. The molecular formula is C14H44NO37P11. The lowest BCUT2D eigenvalue weighted by molar-refractivity contribution is -0.160. The molecule has 1 aliphatic rings. The molecular weight excluding hydrogens is 1110 g/mol. The monoisotopic (exact) mass is 1160 g/mol. The predicted molar refractivity (Wildman–Crippen MR) is 199 cm³/mol. The van der Waals surface area contributed by atoms with Gasteiger partial charge in [-0.3, -0.25) is 55.0 Å². The van der Waals surface area contributed by atoms with Crippen LogP contribution in [0.2, 0.25) is 0 Å². The first kappa shape index (κ1) is 66.5. The maximum Gasteiger partial charge on any atom is 0.470 e. The van der Waals surface area contributed by atoms with E-state index in [1.807, 2.05) is 0 Å². The lowest BCUT2D eigenvalue weighted by Gasteiger charge is -2.49. The maximum atomic E-state index is 11.7. The number of aliphatic hydroxyl groups is 1. The summed E-state index contributed by atoms with van der Waals surface area (Å²) in [6, 6.07) is 0. The maximum absolute atomic E-state index is 11.7. The summed E-state index contributed by atoms with van der Waals surface area (Å²) in [5.74, 6) is -4.84. The Kier molecular flexibility index (Phi) is 24.4. The van der Waals surface area contributed by atoms with Gasteiger partial charge in [0.1, 0.15) is 37.0 Å². The molecule has 0 aliphatic heterocycles. The summed E-state index contributed by atoms with van der Waals surface area (Å²) >= 11 is 0. The van der Waals surface area contributed by atoms with Gasteiger partial charge in [-0.05, 0) is 6.92 Å². The molecule has 0 bridgehead atoms. The van der Waals surface area contributed by atoms with Crippen LogP contribution in [0.1, 0.15) is 6.92 Å². The largest absolute Gasteiger partial charge is 0.470 e. The van der Waals surface area contributed by atoms with E-state index in [2.05, 4.69) is 18.1 Å². The Balaban J connectivity index is 0. The molecule has 22 N–H and O–H groups in total. The summed E-state index contributed by atoms with van der Waals surface area (Å²) in [4.78, 5) is 189. The highest BCUT2D eigenvalue weighted by Gasteiger charge is 2.61. The van der Waals surface area contributed by atoms with Gasteiger partial charge in [0, 0.05) is 18.5 Å². The van der Waals surface area contributed by atoms with Crippen LogP contribution in [-0.4, -0.2) is 180 Å².